The maximum absolute atomic E-state index is 12.7. The standard InChI is InChI=1S/C13H20FN/c1-3-5-13(15-4-2)10-11-6-8-12(14)9-7-11/h6-9,13,15H,3-5,10H2,1-2H3. The fourth-order valence-corrected chi connectivity index (χ4v) is 1.82. The van der Waals surface area contributed by atoms with Gasteiger partial charge in [-0.15, -0.1) is 0 Å². The first-order chi connectivity index (χ1) is 7.26. The summed E-state index contributed by atoms with van der Waals surface area (Å²) in [4.78, 5) is 0. The molecule has 2 heteroatoms. The molecular formula is C13H20FN. The number of hydrogen-bond donors (Lipinski definition) is 1. The molecule has 1 atom stereocenters. The first kappa shape index (κ1) is 12.2. The molecule has 0 aliphatic heterocycles. The van der Waals surface area contributed by atoms with E-state index in [9.17, 15) is 4.39 Å². The Hall–Kier alpha value is -0.890. The zero-order chi connectivity index (χ0) is 11.1. The lowest BCUT2D eigenvalue weighted by Crippen LogP contribution is -2.30. The van der Waals surface area contributed by atoms with Gasteiger partial charge in [0.25, 0.3) is 0 Å². The van der Waals surface area contributed by atoms with E-state index in [2.05, 4.69) is 19.2 Å². The average Bonchev–Trinajstić information content (AvgIpc) is 2.22. The highest BCUT2D eigenvalue weighted by atomic mass is 19.1. The van der Waals surface area contributed by atoms with Crippen molar-refractivity contribution in [3.8, 4) is 0 Å². The molecule has 84 valence electrons. The Labute approximate surface area is 91.7 Å². The normalized spacial score (nSPS) is 12.7. The van der Waals surface area contributed by atoms with Gasteiger partial charge in [0.15, 0.2) is 0 Å². The second-order valence-corrected chi connectivity index (χ2v) is 3.87. The molecule has 1 rings (SSSR count). The van der Waals surface area contributed by atoms with Gasteiger partial charge in [0.2, 0.25) is 0 Å². The third-order valence-electron chi connectivity index (χ3n) is 2.53. The Morgan fingerprint density at radius 3 is 2.40 bits per heavy atom. The minimum atomic E-state index is -0.158. The number of hydrogen-bond acceptors (Lipinski definition) is 1. The van der Waals surface area contributed by atoms with Crippen LogP contribution in [0.15, 0.2) is 24.3 Å². The van der Waals surface area contributed by atoms with Crippen molar-refractivity contribution in [2.24, 2.45) is 0 Å². The van der Waals surface area contributed by atoms with Crippen molar-refractivity contribution in [2.75, 3.05) is 6.54 Å². The Balaban J connectivity index is 2.53. The van der Waals surface area contributed by atoms with Crippen molar-refractivity contribution < 1.29 is 4.39 Å². The van der Waals surface area contributed by atoms with Crippen LogP contribution in [0.2, 0.25) is 0 Å². The summed E-state index contributed by atoms with van der Waals surface area (Å²) in [6.07, 6.45) is 3.34. The summed E-state index contributed by atoms with van der Waals surface area (Å²) in [5.74, 6) is -0.158. The van der Waals surface area contributed by atoms with Crippen molar-refractivity contribution >= 4 is 0 Å². The van der Waals surface area contributed by atoms with Gasteiger partial charge >= 0.3 is 0 Å². The quantitative estimate of drug-likeness (QED) is 0.759. The van der Waals surface area contributed by atoms with Gasteiger partial charge in [-0.3, -0.25) is 0 Å². The maximum Gasteiger partial charge on any atom is 0.123 e. The fourth-order valence-electron chi connectivity index (χ4n) is 1.82. The topological polar surface area (TPSA) is 12.0 Å². The molecule has 0 aliphatic rings. The van der Waals surface area contributed by atoms with Gasteiger partial charge in [-0.2, -0.15) is 0 Å². The number of rotatable bonds is 6. The lowest BCUT2D eigenvalue weighted by atomic mass is 10.0. The number of halogens is 1. The summed E-state index contributed by atoms with van der Waals surface area (Å²) in [7, 11) is 0. The Bertz CT molecular complexity index is 262. The molecule has 15 heavy (non-hydrogen) atoms. The second kappa shape index (κ2) is 6.57. The number of likely N-dealkylation sites (N-methyl/N-ethyl adjacent to an activating group) is 1. The van der Waals surface area contributed by atoms with Crippen molar-refractivity contribution in [1.29, 1.82) is 0 Å². The van der Waals surface area contributed by atoms with Crippen molar-refractivity contribution in [1.82, 2.24) is 5.32 Å². The van der Waals surface area contributed by atoms with E-state index in [1.54, 1.807) is 0 Å². The lowest BCUT2D eigenvalue weighted by molar-refractivity contribution is 0.485. The molecule has 0 bridgehead atoms. The molecule has 1 unspecified atom stereocenters. The predicted octanol–water partition coefficient (Wildman–Crippen LogP) is 3.15. The molecular weight excluding hydrogens is 189 g/mol. The number of nitrogens with one attached hydrogen (secondary N) is 1. The third kappa shape index (κ3) is 4.43. The van der Waals surface area contributed by atoms with Crippen LogP contribution in [0, 0.1) is 5.82 Å². The predicted molar refractivity (Wildman–Crippen MR) is 62.5 cm³/mol. The van der Waals surface area contributed by atoms with Gasteiger partial charge in [-0.1, -0.05) is 32.4 Å². The summed E-state index contributed by atoms with van der Waals surface area (Å²) in [5, 5.41) is 3.45. The van der Waals surface area contributed by atoms with Gasteiger partial charge in [-0.05, 0) is 37.1 Å². The van der Waals surface area contributed by atoms with Gasteiger partial charge in [0.1, 0.15) is 5.82 Å². The van der Waals surface area contributed by atoms with E-state index in [1.165, 1.54) is 30.5 Å². The molecule has 1 aromatic carbocycles. The first-order valence-electron chi connectivity index (χ1n) is 5.74. The van der Waals surface area contributed by atoms with E-state index >= 15 is 0 Å². The van der Waals surface area contributed by atoms with E-state index in [0.29, 0.717) is 6.04 Å². The van der Waals surface area contributed by atoms with Gasteiger partial charge in [0.05, 0.1) is 0 Å². The van der Waals surface area contributed by atoms with E-state index < -0.39 is 0 Å². The molecule has 0 radical (unpaired) electrons. The highest BCUT2D eigenvalue weighted by Crippen LogP contribution is 2.08. The minimum Gasteiger partial charge on any atom is -0.314 e. The smallest absolute Gasteiger partial charge is 0.123 e. The molecule has 0 spiro atoms. The summed E-state index contributed by atoms with van der Waals surface area (Å²) < 4.78 is 12.7. The summed E-state index contributed by atoms with van der Waals surface area (Å²) in [5.41, 5.74) is 1.20. The molecule has 0 fully saturated rings. The van der Waals surface area contributed by atoms with Crippen LogP contribution in [-0.4, -0.2) is 12.6 Å². The molecule has 0 aliphatic carbocycles. The van der Waals surface area contributed by atoms with E-state index in [4.69, 9.17) is 0 Å². The number of benzene rings is 1. The average molecular weight is 209 g/mol. The molecule has 1 aromatic rings. The molecule has 0 amide bonds. The molecule has 1 nitrogen and oxygen atoms in total. The van der Waals surface area contributed by atoms with E-state index in [1.807, 2.05) is 12.1 Å². The maximum atomic E-state index is 12.7. The van der Waals surface area contributed by atoms with Crippen LogP contribution in [0.3, 0.4) is 0 Å². The summed E-state index contributed by atoms with van der Waals surface area (Å²) >= 11 is 0. The highest BCUT2D eigenvalue weighted by molar-refractivity contribution is 5.17. The van der Waals surface area contributed by atoms with Crippen LogP contribution in [0.4, 0.5) is 4.39 Å². The van der Waals surface area contributed by atoms with Crippen LogP contribution >= 0.6 is 0 Å². The van der Waals surface area contributed by atoms with E-state index in [-0.39, 0.29) is 5.82 Å². The van der Waals surface area contributed by atoms with Gasteiger partial charge in [-0.25, -0.2) is 4.39 Å². The molecule has 1 N–H and O–H groups in total. The van der Waals surface area contributed by atoms with E-state index in [0.717, 1.165) is 13.0 Å². The second-order valence-electron chi connectivity index (χ2n) is 3.87. The van der Waals surface area contributed by atoms with Crippen LogP contribution in [0.25, 0.3) is 0 Å². The summed E-state index contributed by atoms with van der Waals surface area (Å²) in [6, 6.07) is 7.32. The monoisotopic (exact) mass is 209 g/mol. The Kier molecular flexibility index (Phi) is 5.33. The minimum absolute atomic E-state index is 0.158. The van der Waals surface area contributed by atoms with Crippen LogP contribution < -0.4 is 5.32 Å². The van der Waals surface area contributed by atoms with Crippen molar-refractivity contribution in [2.45, 2.75) is 39.2 Å². The fraction of sp³-hybridized carbons (Fsp3) is 0.538. The molecule has 0 heterocycles. The Morgan fingerprint density at radius 2 is 1.87 bits per heavy atom. The third-order valence-corrected chi connectivity index (χ3v) is 2.53. The SMILES string of the molecule is CCCC(Cc1ccc(F)cc1)NCC. The van der Waals surface area contributed by atoms with Crippen LogP contribution in [0.1, 0.15) is 32.3 Å². The van der Waals surface area contributed by atoms with Gasteiger partial charge < -0.3 is 5.32 Å². The molecule has 0 aromatic heterocycles. The molecule has 0 saturated carbocycles. The highest BCUT2D eigenvalue weighted by Gasteiger charge is 2.06. The van der Waals surface area contributed by atoms with Crippen molar-refractivity contribution in [3.05, 3.63) is 35.6 Å². The van der Waals surface area contributed by atoms with Gasteiger partial charge in [0, 0.05) is 6.04 Å². The first-order valence-corrected chi connectivity index (χ1v) is 5.74. The lowest BCUT2D eigenvalue weighted by Gasteiger charge is -2.16. The Morgan fingerprint density at radius 1 is 1.20 bits per heavy atom. The zero-order valence-corrected chi connectivity index (χ0v) is 9.59. The zero-order valence-electron chi connectivity index (χ0n) is 9.59. The van der Waals surface area contributed by atoms with Crippen LogP contribution in [0.5, 0.6) is 0 Å². The van der Waals surface area contributed by atoms with Crippen molar-refractivity contribution in [3.63, 3.8) is 0 Å². The molecule has 0 saturated heterocycles. The largest absolute Gasteiger partial charge is 0.314 e. The van der Waals surface area contributed by atoms with Crippen LogP contribution in [-0.2, 0) is 6.42 Å². The summed E-state index contributed by atoms with van der Waals surface area (Å²) in [6.45, 7) is 5.30.